The van der Waals surface area contributed by atoms with E-state index in [1.54, 1.807) is 0 Å². The molecular weight excluding hydrogens is 194 g/mol. The summed E-state index contributed by atoms with van der Waals surface area (Å²) >= 11 is 0. The molecule has 0 spiro atoms. The van der Waals surface area contributed by atoms with Gasteiger partial charge in [0.25, 0.3) is 0 Å². The van der Waals surface area contributed by atoms with E-state index in [-0.39, 0.29) is 0 Å². The van der Waals surface area contributed by atoms with Crippen molar-refractivity contribution in [2.24, 2.45) is 11.8 Å². The Morgan fingerprint density at radius 1 is 1.25 bits per heavy atom. The lowest BCUT2D eigenvalue weighted by Gasteiger charge is -2.21. The van der Waals surface area contributed by atoms with Crippen molar-refractivity contribution in [2.75, 3.05) is 6.54 Å². The first-order valence-corrected chi connectivity index (χ1v) is 6.47. The van der Waals surface area contributed by atoms with Crippen LogP contribution in [0.15, 0.2) is 30.3 Å². The molecule has 1 nitrogen and oxygen atoms in total. The summed E-state index contributed by atoms with van der Waals surface area (Å²) in [5.41, 5.74) is 1.44. The maximum absolute atomic E-state index is 3.67. The highest BCUT2D eigenvalue weighted by atomic mass is 14.9. The summed E-state index contributed by atoms with van der Waals surface area (Å²) in [5.74, 6) is 2.48. The minimum Gasteiger partial charge on any atom is -0.313 e. The molecule has 16 heavy (non-hydrogen) atoms. The van der Waals surface area contributed by atoms with E-state index < -0.39 is 0 Å². The monoisotopic (exact) mass is 217 g/mol. The molecule has 1 aliphatic rings. The predicted molar refractivity (Wildman–Crippen MR) is 69.6 cm³/mol. The van der Waals surface area contributed by atoms with Crippen molar-refractivity contribution in [1.82, 2.24) is 5.32 Å². The quantitative estimate of drug-likeness (QED) is 0.797. The first-order chi connectivity index (χ1) is 7.68. The third kappa shape index (κ3) is 2.85. The van der Waals surface area contributed by atoms with Crippen LogP contribution >= 0.6 is 0 Å². The largest absolute Gasteiger partial charge is 0.313 e. The Bertz CT molecular complexity index is 319. The van der Waals surface area contributed by atoms with Gasteiger partial charge >= 0.3 is 0 Å². The molecule has 1 aromatic rings. The molecule has 0 bridgehead atoms. The van der Waals surface area contributed by atoms with Crippen LogP contribution in [-0.4, -0.2) is 12.6 Å². The normalized spacial score (nSPS) is 27.4. The lowest BCUT2D eigenvalue weighted by atomic mass is 9.94. The summed E-state index contributed by atoms with van der Waals surface area (Å²) in [5, 5.41) is 3.67. The van der Waals surface area contributed by atoms with Crippen LogP contribution in [-0.2, 0) is 0 Å². The van der Waals surface area contributed by atoms with Gasteiger partial charge in [-0.1, -0.05) is 44.2 Å². The Morgan fingerprint density at radius 2 is 1.88 bits per heavy atom. The minimum absolute atomic E-state index is 0.565. The SMILES string of the molecule is CC1CC1CNC(C)C(C)c1ccccc1. The van der Waals surface area contributed by atoms with Crippen LogP contribution in [0.5, 0.6) is 0 Å². The van der Waals surface area contributed by atoms with Gasteiger partial charge in [-0.3, -0.25) is 0 Å². The topological polar surface area (TPSA) is 12.0 Å². The van der Waals surface area contributed by atoms with Crippen LogP contribution in [0.25, 0.3) is 0 Å². The third-order valence-corrected chi connectivity index (χ3v) is 4.05. The molecule has 88 valence electrons. The van der Waals surface area contributed by atoms with Crippen molar-refractivity contribution < 1.29 is 0 Å². The van der Waals surface area contributed by atoms with Gasteiger partial charge in [-0.2, -0.15) is 0 Å². The molecule has 1 N–H and O–H groups in total. The Balaban J connectivity index is 1.82. The van der Waals surface area contributed by atoms with Crippen LogP contribution in [0.3, 0.4) is 0 Å². The van der Waals surface area contributed by atoms with E-state index in [0.29, 0.717) is 12.0 Å². The van der Waals surface area contributed by atoms with Crippen molar-refractivity contribution in [3.63, 3.8) is 0 Å². The van der Waals surface area contributed by atoms with Crippen molar-refractivity contribution in [2.45, 2.75) is 39.2 Å². The van der Waals surface area contributed by atoms with E-state index in [1.165, 1.54) is 18.5 Å². The Labute approximate surface area is 99.3 Å². The lowest BCUT2D eigenvalue weighted by Crippen LogP contribution is -2.32. The number of benzene rings is 1. The van der Waals surface area contributed by atoms with E-state index in [4.69, 9.17) is 0 Å². The smallest absolute Gasteiger partial charge is 0.0105 e. The van der Waals surface area contributed by atoms with Gasteiger partial charge in [0, 0.05) is 6.04 Å². The van der Waals surface area contributed by atoms with Crippen LogP contribution in [0, 0.1) is 11.8 Å². The second kappa shape index (κ2) is 5.01. The molecule has 4 atom stereocenters. The fraction of sp³-hybridized carbons (Fsp3) is 0.600. The van der Waals surface area contributed by atoms with E-state index >= 15 is 0 Å². The molecule has 1 aromatic carbocycles. The van der Waals surface area contributed by atoms with Gasteiger partial charge in [0.15, 0.2) is 0 Å². The van der Waals surface area contributed by atoms with E-state index in [2.05, 4.69) is 56.4 Å². The van der Waals surface area contributed by atoms with Crippen molar-refractivity contribution >= 4 is 0 Å². The number of hydrogen-bond donors (Lipinski definition) is 1. The third-order valence-electron chi connectivity index (χ3n) is 4.05. The molecule has 2 rings (SSSR count). The zero-order valence-electron chi connectivity index (χ0n) is 10.6. The Kier molecular flexibility index (Phi) is 3.65. The maximum atomic E-state index is 3.67. The predicted octanol–water partition coefficient (Wildman–Crippen LogP) is 3.42. The maximum Gasteiger partial charge on any atom is 0.0105 e. The second-order valence-electron chi connectivity index (χ2n) is 5.37. The molecule has 1 saturated carbocycles. The molecule has 4 unspecified atom stereocenters. The zero-order valence-corrected chi connectivity index (χ0v) is 10.6. The van der Waals surface area contributed by atoms with E-state index in [0.717, 1.165) is 11.8 Å². The highest BCUT2D eigenvalue weighted by molar-refractivity contribution is 5.20. The first kappa shape index (κ1) is 11.7. The van der Waals surface area contributed by atoms with Crippen LogP contribution in [0.2, 0.25) is 0 Å². The highest BCUT2D eigenvalue weighted by Crippen LogP contribution is 2.37. The van der Waals surface area contributed by atoms with Gasteiger partial charge in [-0.05, 0) is 43.2 Å². The first-order valence-electron chi connectivity index (χ1n) is 6.47. The van der Waals surface area contributed by atoms with Crippen LogP contribution in [0.1, 0.15) is 38.7 Å². The summed E-state index contributed by atoms with van der Waals surface area (Å²) in [4.78, 5) is 0. The minimum atomic E-state index is 0.565. The molecule has 0 amide bonds. The molecule has 1 fully saturated rings. The molecule has 1 aliphatic carbocycles. The van der Waals surface area contributed by atoms with E-state index in [1.807, 2.05) is 0 Å². The van der Waals surface area contributed by atoms with Gasteiger partial charge in [-0.15, -0.1) is 0 Å². The van der Waals surface area contributed by atoms with Crippen molar-refractivity contribution in [3.05, 3.63) is 35.9 Å². The summed E-state index contributed by atoms with van der Waals surface area (Å²) in [6.07, 6.45) is 1.42. The number of rotatable bonds is 5. The molecule has 0 heterocycles. The van der Waals surface area contributed by atoms with Crippen LogP contribution in [0.4, 0.5) is 0 Å². The van der Waals surface area contributed by atoms with Gasteiger partial charge in [0.05, 0.1) is 0 Å². The fourth-order valence-electron chi connectivity index (χ4n) is 2.24. The van der Waals surface area contributed by atoms with Gasteiger partial charge in [0.2, 0.25) is 0 Å². The summed E-state index contributed by atoms with van der Waals surface area (Å²) in [6.45, 7) is 8.14. The zero-order chi connectivity index (χ0) is 11.5. The molecule has 0 aromatic heterocycles. The number of nitrogens with one attached hydrogen (secondary N) is 1. The van der Waals surface area contributed by atoms with Gasteiger partial charge in [0.1, 0.15) is 0 Å². The van der Waals surface area contributed by atoms with Crippen LogP contribution < -0.4 is 5.32 Å². The molecule has 0 saturated heterocycles. The second-order valence-corrected chi connectivity index (χ2v) is 5.37. The van der Waals surface area contributed by atoms with Crippen molar-refractivity contribution in [1.29, 1.82) is 0 Å². The average molecular weight is 217 g/mol. The Morgan fingerprint density at radius 3 is 2.44 bits per heavy atom. The molecule has 1 heteroatoms. The highest BCUT2D eigenvalue weighted by Gasteiger charge is 2.32. The standard InChI is InChI=1S/C15H23N/c1-11-9-15(11)10-16-13(3)12(2)14-7-5-4-6-8-14/h4-8,11-13,15-16H,9-10H2,1-3H3. The van der Waals surface area contributed by atoms with E-state index in [9.17, 15) is 0 Å². The Hall–Kier alpha value is -0.820. The van der Waals surface area contributed by atoms with Gasteiger partial charge < -0.3 is 5.32 Å². The van der Waals surface area contributed by atoms with Crippen molar-refractivity contribution in [3.8, 4) is 0 Å². The molecular formula is C15H23N. The lowest BCUT2D eigenvalue weighted by molar-refractivity contribution is 0.463. The molecule has 0 radical (unpaired) electrons. The summed E-state index contributed by atoms with van der Waals surface area (Å²) in [6, 6.07) is 11.4. The van der Waals surface area contributed by atoms with Gasteiger partial charge in [-0.25, -0.2) is 0 Å². The number of hydrogen-bond acceptors (Lipinski definition) is 1. The average Bonchev–Trinajstić information content (AvgIpc) is 3.02. The fourth-order valence-corrected chi connectivity index (χ4v) is 2.24. The summed E-state index contributed by atoms with van der Waals surface area (Å²) in [7, 11) is 0. The molecule has 0 aliphatic heterocycles. The summed E-state index contributed by atoms with van der Waals surface area (Å²) < 4.78 is 0.